The molecule has 1 aromatic rings. The molecule has 20 heavy (non-hydrogen) atoms. The summed E-state index contributed by atoms with van der Waals surface area (Å²) in [4.78, 5) is 11.4. The van der Waals surface area contributed by atoms with Gasteiger partial charge in [-0.3, -0.25) is 0 Å². The Kier molecular flexibility index (Phi) is 4.20. The van der Waals surface area contributed by atoms with Crippen LogP contribution in [0.2, 0.25) is 0 Å². The highest BCUT2D eigenvalue weighted by Crippen LogP contribution is 2.23. The van der Waals surface area contributed by atoms with Gasteiger partial charge in [0, 0.05) is 10.6 Å². The van der Waals surface area contributed by atoms with Gasteiger partial charge in [-0.25, -0.2) is 4.79 Å². The van der Waals surface area contributed by atoms with Gasteiger partial charge in [-0.1, -0.05) is 18.3 Å². The van der Waals surface area contributed by atoms with Gasteiger partial charge >= 0.3 is 5.97 Å². The van der Waals surface area contributed by atoms with E-state index in [1.54, 1.807) is 19.3 Å². The van der Waals surface area contributed by atoms with Gasteiger partial charge in [0.25, 0.3) is 0 Å². The number of nitrogens with one attached hydrogen (secondary N) is 1. The summed E-state index contributed by atoms with van der Waals surface area (Å²) in [6.07, 6.45) is 4.83. The van der Waals surface area contributed by atoms with Crippen LogP contribution in [0.25, 0.3) is 0 Å². The van der Waals surface area contributed by atoms with Gasteiger partial charge in [0.15, 0.2) is 0 Å². The van der Waals surface area contributed by atoms with Crippen molar-refractivity contribution < 1.29 is 14.6 Å². The Bertz CT molecular complexity index is 620. The fraction of sp³-hybridized carbons (Fsp3) is 0.200. The lowest BCUT2D eigenvalue weighted by Crippen LogP contribution is -2.28. The molecule has 0 fully saturated rings. The summed E-state index contributed by atoms with van der Waals surface area (Å²) in [5.74, 6) is -0.175. The van der Waals surface area contributed by atoms with Crippen LogP contribution in [-0.4, -0.2) is 29.1 Å². The van der Waals surface area contributed by atoms with Crippen LogP contribution in [0.1, 0.15) is 5.56 Å². The number of benzene rings is 1. The molecule has 0 amide bonds. The van der Waals surface area contributed by atoms with Crippen molar-refractivity contribution in [1.82, 2.24) is 0 Å². The number of aliphatic carboxylic acids is 1. The first-order chi connectivity index (χ1) is 9.51. The second-order valence-corrected chi connectivity index (χ2v) is 4.94. The number of thiocarbonyl (C=S) groups is 1. The zero-order valence-electron chi connectivity index (χ0n) is 11.2. The van der Waals surface area contributed by atoms with Crippen LogP contribution in [0.15, 0.2) is 42.0 Å². The number of carboxylic acid groups (broad SMARTS) is 1. The molecule has 5 heteroatoms. The van der Waals surface area contributed by atoms with Crippen molar-refractivity contribution in [3.05, 3.63) is 47.6 Å². The molecular weight excluding hydrogens is 274 g/mol. The first-order valence-electron chi connectivity index (χ1n) is 6.09. The summed E-state index contributed by atoms with van der Waals surface area (Å²) < 4.78 is 5.16. The van der Waals surface area contributed by atoms with Crippen LogP contribution in [0, 0.1) is 6.92 Å². The third kappa shape index (κ3) is 3.05. The number of anilines is 1. The molecule has 1 aromatic carbocycles. The maximum atomic E-state index is 10.9. The molecule has 0 saturated carbocycles. The number of rotatable bonds is 4. The van der Waals surface area contributed by atoms with E-state index in [0.717, 1.165) is 17.0 Å². The predicted octanol–water partition coefficient (Wildman–Crippen LogP) is 2.73. The molecule has 1 atom stereocenters. The third-order valence-electron chi connectivity index (χ3n) is 3.06. The van der Waals surface area contributed by atoms with E-state index in [4.69, 9.17) is 22.1 Å². The summed E-state index contributed by atoms with van der Waals surface area (Å²) in [5.41, 5.74) is 2.18. The number of carbonyl (C=O) groups is 1. The Morgan fingerprint density at radius 2 is 2.20 bits per heavy atom. The van der Waals surface area contributed by atoms with Crippen molar-refractivity contribution in [3.8, 4) is 5.75 Å². The van der Waals surface area contributed by atoms with Crippen molar-refractivity contribution in [2.24, 2.45) is 0 Å². The minimum Gasteiger partial charge on any atom is -0.497 e. The Morgan fingerprint density at radius 1 is 1.45 bits per heavy atom. The molecule has 1 aliphatic rings. The van der Waals surface area contributed by atoms with Crippen molar-refractivity contribution in [1.29, 1.82) is 0 Å². The molecule has 0 bridgehead atoms. The number of hydrogen-bond donors (Lipinski definition) is 2. The van der Waals surface area contributed by atoms with Crippen LogP contribution >= 0.6 is 12.2 Å². The molecule has 2 N–H and O–H groups in total. The molecule has 2 rings (SSSR count). The molecule has 0 heterocycles. The van der Waals surface area contributed by atoms with Crippen LogP contribution < -0.4 is 10.1 Å². The van der Waals surface area contributed by atoms with Crippen LogP contribution in [0.3, 0.4) is 0 Å². The average molecular weight is 289 g/mol. The van der Waals surface area contributed by atoms with Crippen molar-refractivity contribution in [2.45, 2.75) is 13.0 Å². The number of hydrogen-bond acceptors (Lipinski definition) is 4. The lowest BCUT2D eigenvalue weighted by Gasteiger charge is -2.20. The quantitative estimate of drug-likeness (QED) is 0.835. The summed E-state index contributed by atoms with van der Waals surface area (Å²) in [7, 11) is 1.62. The number of ether oxygens (including phenoxy) is 1. The maximum Gasteiger partial charge on any atom is 0.335 e. The van der Waals surface area contributed by atoms with E-state index in [0.29, 0.717) is 4.86 Å². The van der Waals surface area contributed by atoms with E-state index in [9.17, 15) is 4.79 Å². The monoisotopic (exact) mass is 289 g/mol. The molecule has 0 spiro atoms. The zero-order chi connectivity index (χ0) is 14.7. The van der Waals surface area contributed by atoms with E-state index in [2.05, 4.69) is 5.32 Å². The molecule has 0 radical (unpaired) electrons. The average Bonchev–Trinajstić information content (AvgIpc) is 2.42. The van der Waals surface area contributed by atoms with Crippen LogP contribution in [0.5, 0.6) is 5.75 Å². The fourth-order valence-corrected chi connectivity index (χ4v) is 2.20. The Labute approximate surface area is 122 Å². The molecule has 0 aliphatic heterocycles. The smallest absolute Gasteiger partial charge is 0.335 e. The molecule has 1 aliphatic carbocycles. The number of aryl methyl sites for hydroxylation is 1. The predicted molar refractivity (Wildman–Crippen MR) is 82.6 cm³/mol. The van der Waals surface area contributed by atoms with Gasteiger partial charge in [-0.15, -0.1) is 0 Å². The molecule has 0 saturated heterocycles. The van der Waals surface area contributed by atoms with E-state index in [1.165, 1.54) is 6.08 Å². The number of carboxylic acids is 1. The van der Waals surface area contributed by atoms with Gasteiger partial charge < -0.3 is 15.2 Å². The maximum absolute atomic E-state index is 10.9. The second kappa shape index (κ2) is 5.88. The van der Waals surface area contributed by atoms with Crippen molar-refractivity contribution >= 4 is 28.7 Å². The lowest BCUT2D eigenvalue weighted by atomic mass is 10.0. The highest BCUT2D eigenvalue weighted by molar-refractivity contribution is 7.81. The Morgan fingerprint density at radius 3 is 2.75 bits per heavy atom. The summed E-state index contributed by atoms with van der Waals surface area (Å²) in [5, 5.41) is 12.2. The van der Waals surface area contributed by atoms with E-state index in [-0.39, 0.29) is 11.6 Å². The van der Waals surface area contributed by atoms with E-state index < -0.39 is 5.97 Å². The Balaban J connectivity index is 2.15. The second-order valence-electron chi connectivity index (χ2n) is 4.47. The molecule has 0 aromatic heterocycles. The highest BCUT2D eigenvalue weighted by Gasteiger charge is 2.17. The molecule has 104 valence electrons. The Hall–Kier alpha value is -2.14. The minimum atomic E-state index is -0.970. The minimum absolute atomic E-state index is 0.180. The standard InChI is InChI=1S/C15H15NO3S/c1-9-7-11(19-2)4-6-12(9)16-13-5-3-10(15(17)18)8-14(13)20/h3-8,13,16H,1-2H3,(H,17,18). The van der Waals surface area contributed by atoms with Gasteiger partial charge in [0.2, 0.25) is 0 Å². The molecular formula is C15H15NO3S. The normalized spacial score (nSPS) is 17.6. The van der Waals surface area contributed by atoms with Crippen molar-refractivity contribution in [2.75, 3.05) is 12.4 Å². The van der Waals surface area contributed by atoms with Gasteiger partial charge in [-0.05, 0) is 42.8 Å². The van der Waals surface area contributed by atoms with Gasteiger partial charge in [-0.2, -0.15) is 0 Å². The first-order valence-corrected chi connectivity index (χ1v) is 6.50. The van der Waals surface area contributed by atoms with E-state index in [1.807, 2.05) is 25.1 Å². The first kappa shape index (κ1) is 14.3. The SMILES string of the molecule is COc1ccc(NC2C=CC(C(=O)O)=CC2=S)c(C)c1. The third-order valence-corrected chi connectivity index (χ3v) is 3.44. The highest BCUT2D eigenvalue weighted by atomic mass is 32.1. The van der Waals surface area contributed by atoms with Crippen molar-refractivity contribution in [3.63, 3.8) is 0 Å². The molecule has 4 nitrogen and oxygen atoms in total. The summed E-state index contributed by atoms with van der Waals surface area (Å²) in [6, 6.07) is 5.53. The van der Waals surface area contributed by atoms with Crippen LogP contribution in [-0.2, 0) is 4.79 Å². The van der Waals surface area contributed by atoms with Crippen LogP contribution in [0.4, 0.5) is 5.69 Å². The number of methoxy groups -OCH3 is 1. The van der Waals surface area contributed by atoms with Gasteiger partial charge in [0.1, 0.15) is 5.75 Å². The lowest BCUT2D eigenvalue weighted by molar-refractivity contribution is -0.132. The zero-order valence-corrected chi connectivity index (χ0v) is 12.0. The van der Waals surface area contributed by atoms with Gasteiger partial charge in [0.05, 0.1) is 18.7 Å². The summed E-state index contributed by atoms with van der Waals surface area (Å²) >= 11 is 5.24. The summed E-state index contributed by atoms with van der Waals surface area (Å²) in [6.45, 7) is 1.97. The van der Waals surface area contributed by atoms with E-state index >= 15 is 0 Å². The largest absolute Gasteiger partial charge is 0.497 e. The topological polar surface area (TPSA) is 58.6 Å². The fourth-order valence-electron chi connectivity index (χ4n) is 1.93. The molecule has 1 unspecified atom stereocenters.